The summed E-state index contributed by atoms with van der Waals surface area (Å²) in [5.74, 6) is 0.979. The minimum atomic E-state index is -0.227. The third kappa shape index (κ3) is 2.71. The Kier molecular flexibility index (Phi) is 3.53. The number of aromatic nitrogens is 1. The van der Waals surface area contributed by atoms with E-state index in [9.17, 15) is 9.59 Å². The molecule has 2 atom stereocenters. The largest absolute Gasteiger partial charge is 0.338 e. The molecule has 3 rings (SSSR count). The first-order chi connectivity index (χ1) is 10.0. The zero-order valence-electron chi connectivity index (χ0n) is 12.4. The van der Waals surface area contributed by atoms with Gasteiger partial charge in [0.25, 0.3) is 5.91 Å². The van der Waals surface area contributed by atoms with Crippen LogP contribution in [0.5, 0.6) is 0 Å². The quantitative estimate of drug-likeness (QED) is 0.875. The van der Waals surface area contributed by atoms with Gasteiger partial charge in [0, 0.05) is 30.1 Å². The predicted molar refractivity (Wildman–Crippen MR) is 83.4 cm³/mol. The van der Waals surface area contributed by atoms with Crippen molar-refractivity contribution in [3.8, 4) is 0 Å². The lowest BCUT2D eigenvalue weighted by Crippen LogP contribution is -2.42. The maximum Gasteiger partial charge on any atom is 0.254 e. The van der Waals surface area contributed by atoms with Gasteiger partial charge in [-0.05, 0) is 24.3 Å². The fraction of sp³-hybridized carbons (Fsp3) is 0.412. The molecule has 0 spiro atoms. The van der Waals surface area contributed by atoms with Gasteiger partial charge in [-0.2, -0.15) is 0 Å². The van der Waals surface area contributed by atoms with Gasteiger partial charge in [-0.3, -0.25) is 9.59 Å². The molecule has 1 aromatic carbocycles. The number of nitrogens with one attached hydrogen (secondary N) is 1. The summed E-state index contributed by atoms with van der Waals surface area (Å²) in [4.78, 5) is 29.3. The Hall–Kier alpha value is -2.10. The van der Waals surface area contributed by atoms with Crippen molar-refractivity contribution in [1.29, 1.82) is 0 Å². The van der Waals surface area contributed by atoms with E-state index in [1.54, 1.807) is 0 Å². The van der Waals surface area contributed by atoms with Crippen LogP contribution in [-0.2, 0) is 0 Å². The van der Waals surface area contributed by atoms with Crippen LogP contribution in [0.3, 0.4) is 0 Å². The van der Waals surface area contributed by atoms with Gasteiger partial charge in [0.05, 0.1) is 5.56 Å². The van der Waals surface area contributed by atoms with Gasteiger partial charge in [-0.1, -0.05) is 32.0 Å². The number of amides is 1. The third-order valence-corrected chi connectivity index (χ3v) is 4.14. The molecule has 1 aromatic heterocycles. The highest BCUT2D eigenvalue weighted by Gasteiger charge is 2.27. The molecule has 0 aliphatic carbocycles. The number of fused-ring (bicyclic) bond motifs is 1. The lowest BCUT2D eigenvalue weighted by molar-refractivity contribution is 0.0625. The molecule has 4 nitrogen and oxygen atoms in total. The van der Waals surface area contributed by atoms with E-state index >= 15 is 0 Å². The Morgan fingerprint density at radius 2 is 1.86 bits per heavy atom. The Morgan fingerprint density at radius 3 is 2.57 bits per heavy atom. The monoisotopic (exact) mass is 284 g/mol. The Balaban J connectivity index is 2.03. The summed E-state index contributed by atoms with van der Waals surface area (Å²) in [6.45, 7) is 5.88. The van der Waals surface area contributed by atoms with Crippen LogP contribution in [0.2, 0.25) is 0 Å². The first-order valence-corrected chi connectivity index (χ1v) is 7.46. The van der Waals surface area contributed by atoms with Crippen molar-refractivity contribution < 1.29 is 4.79 Å². The lowest BCUT2D eigenvalue weighted by atomic mass is 9.91. The van der Waals surface area contributed by atoms with Crippen molar-refractivity contribution in [1.82, 2.24) is 9.88 Å². The molecule has 1 aliphatic rings. The van der Waals surface area contributed by atoms with E-state index in [-0.39, 0.29) is 11.5 Å². The highest BCUT2D eigenvalue weighted by atomic mass is 16.2. The first kappa shape index (κ1) is 13.9. The lowest BCUT2D eigenvalue weighted by Gasteiger charge is -2.35. The molecule has 21 heavy (non-hydrogen) atoms. The van der Waals surface area contributed by atoms with Gasteiger partial charge in [0.2, 0.25) is 5.56 Å². The SMILES string of the molecule is C[C@@H]1C[C@@H](C)CN(C(=O)c2cc(=O)[nH]c3ccccc23)C1. The van der Waals surface area contributed by atoms with E-state index in [0.29, 0.717) is 22.9 Å². The highest BCUT2D eigenvalue weighted by molar-refractivity contribution is 6.05. The summed E-state index contributed by atoms with van der Waals surface area (Å²) in [6, 6.07) is 8.88. The number of carbonyl (C=O) groups excluding carboxylic acids is 1. The zero-order chi connectivity index (χ0) is 15.0. The van der Waals surface area contributed by atoms with Crippen LogP contribution in [0.15, 0.2) is 35.1 Å². The number of aromatic amines is 1. The molecule has 1 saturated heterocycles. The van der Waals surface area contributed by atoms with Gasteiger partial charge >= 0.3 is 0 Å². The number of pyridine rings is 1. The van der Waals surface area contributed by atoms with E-state index in [2.05, 4.69) is 18.8 Å². The van der Waals surface area contributed by atoms with Crippen LogP contribution in [0.4, 0.5) is 0 Å². The number of hydrogen-bond acceptors (Lipinski definition) is 2. The van der Waals surface area contributed by atoms with Crippen molar-refractivity contribution in [2.24, 2.45) is 11.8 Å². The topological polar surface area (TPSA) is 53.2 Å². The Labute approximate surface area is 123 Å². The van der Waals surface area contributed by atoms with Gasteiger partial charge in [-0.25, -0.2) is 0 Å². The van der Waals surface area contributed by atoms with Crippen molar-refractivity contribution >= 4 is 16.8 Å². The first-order valence-electron chi connectivity index (χ1n) is 7.46. The van der Waals surface area contributed by atoms with Crippen molar-refractivity contribution in [3.63, 3.8) is 0 Å². The average molecular weight is 284 g/mol. The molecule has 0 radical (unpaired) electrons. The average Bonchev–Trinajstić information content (AvgIpc) is 2.44. The second-order valence-electron chi connectivity index (χ2n) is 6.25. The minimum Gasteiger partial charge on any atom is -0.338 e. The number of carbonyl (C=O) groups is 1. The number of rotatable bonds is 1. The summed E-state index contributed by atoms with van der Waals surface area (Å²) >= 11 is 0. The Bertz CT molecular complexity index is 725. The third-order valence-electron chi connectivity index (χ3n) is 4.14. The van der Waals surface area contributed by atoms with Crippen LogP contribution >= 0.6 is 0 Å². The standard InChI is InChI=1S/C17H20N2O2/c1-11-7-12(2)10-19(9-11)17(21)14-8-16(20)18-15-6-4-3-5-13(14)15/h3-6,8,11-12H,7,9-10H2,1-2H3,(H,18,20)/t11-,12-/m1/s1. The molecule has 0 saturated carbocycles. The highest BCUT2D eigenvalue weighted by Crippen LogP contribution is 2.24. The van der Waals surface area contributed by atoms with E-state index < -0.39 is 0 Å². The van der Waals surface area contributed by atoms with Crippen LogP contribution in [0.1, 0.15) is 30.6 Å². The van der Waals surface area contributed by atoms with Gasteiger partial charge < -0.3 is 9.88 Å². The maximum atomic E-state index is 12.8. The zero-order valence-corrected chi connectivity index (χ0v) is 12.4. The molecule has 0 bridgehead atoms. The molecule has 2 heterocycles. The smallest absolute Gasteiger partial charge is 0.254 e. The Morgan fingerprint density at radius 1 is 1.19 bits per heavy atom. The molecule has 1 amide bonds. The second-order valence-corrected chi connectivity index (χ2v) is 6.25. The molecule has 1 fully saturated rings. The van der Waals surface area contributed by atoms with Crippen LogP contribution in [0, 0.1) is 11.8 Å². The van der Waals surface area contributed by atoms with Crippen LogP contribution in [0.25, 0.3) is 10.9 Å². The number of para-hydroxylation sites is 1. The molecule has 4 heteroatoms. The fourth-order valence-corrected chi connectivity index (χ4v) is 3.38. The second kappa shape index (κ2) is 5.35. The van der Waals surface area contributed by atoms with Gasteiger partial charge in [0.15, 0.2) is 0 Å². The molecule has 1 N–H and O–H groups in total. The molecular formula is C17H20N2O2. The van der Waals surface area contributed by atoms with E-state index in [0.717, 1.165) is 24.9 Å². The number of likely N-dealkylation sites (tertiary alicyclic amines) is 1. The van der Waals surface area contributed by atoms with E-state index in [1.165, 1.54) is 6.07 Å². The summed E-state index contributed by atoms with van der Waals surface area (Å²) in [7, 11) is 0. The molecule has 110 valence electrons. The number of nitrogens with zero attached hydrogens (tertiary/aromatic N) is 1. The minimum absolute atomic E-state index is 0.0318. The summed E-state index contributed by atoms with van der Waals surface area (Å²) in [5.41, 5.74) is 0.997. The van der Waals surface area contributed by atoms with E-state index in [1.807, 2.05) is 29.2 Å². The van der Waals surface area contributed by atoms with Gasteiger partial charge in [-0.15, -0.1) is 0 Å². The summed E-state index contributed by atoms with van der Waals surface area (Å²) in [5, 5.41) is 0.813. The molecule has 2 aromatic rings. The number of H-pyrrole nitrogens is 1. The van der Waals surface area contributed by atoms with Crippen molar-refractivity contribution in [2.45, 2.75) is 20.3 Å². The fourth-order valence-electron chi connectivity index (χ4n) is 3.38. The maximum absolute atomic E-state index is 12.8. The van der Waals surface area contributed by atoms with Crippen LogP contribution < -0.4 is 5.56 Å². The van der Waals surface area contributed by atoms with Gasteiger partial charge in [0.1, 0.15) is 0 Å². The van der Waals surface area contributed by atoms with Crippen molar-refractivity contribution in [3.05, 3.63) is 46.2 Å². The van der Waals surface area contributed by atoms with E-state index in [4.69, 9.17) is 0 Å². The molecular weight excluding hydrogens is 264 g/mol. The van der Waals surface area contributed by atoms with Crippen molar-refractivity contribution in [2.75, 3.05) is 13.1 Å². The predicted octanol–water partition coefficient (Wildman–Crippen LogP) is 2.65. The normalized spacial score (nSPS) is 22.5. The molecule has 1 aliphatic heterocycles. The number of hydrogen-bond donors (Lipinski definition) is 1. The molecule has 0 unspecified atom stereocenters. The summed E-state index contributed by atoms with van der Waals surface area (Å²) < 4.78 is 0. The van der Waals surface area contributed by atoms with Crippen LogP contribution in [-0.4, -0.2) is 28.9 Å². The number of benzene rings is 1. The summed E-state index contributed by atoms with van der Waals surface area (Å²) in [6.07, 6.45) is 1.15. The number of piperidine rings is 1.